The Morgan fingerprint density at radius 3 is 2.74 bits per heavy atom. The molecule has 23 heavy (non-hydrogen) atoms. The summed E-state index contributed by atoms with van der Waals surface area (Å²) in [6.45, 7) is 1.75. The van der Waals surface area contributed by atoms with E-state index in [0.29, 0.717) is 6.10 Å². The fourth-order valence-corrected chi connectivity index (χ4v) is 2.77. The third-order valence-corrected chi connectivity index (χ3v) is 4.33. The molecule has 5 nitrogen and oxygen atoms in total. The third kappa shape index (κ3) is 6.16. The zero-order valence-electron chi connectivity index (χ0n) is 13.8. The van der Waals surface area contributed by atoms with E-state index in [1.54, 1.807) is 0 Å². The summed E-state index contributed by atoms with van der Waals surface area (Å²) in [6.07, 6.45) is 9.71. The second kappa shape index (κ2) is 9.30. The average molecular weight is 430 g/mol. The Labute approximate surface area is 155 Å². The van der Waals surface area contributed by atoms with Gasteiger partial charge in [0.2, 0.25) is 5.88 Å². The summed E-state index contributed by atoms with van der Waals surface area (Å²) in [5.41, 5.74) is 1.16. The van der Waals surface area contributed by atoms with E-state index in [0.717, 1.165) is 49.3 Å². The smallest absolute Gasteiger partial charge is 0.213 e. The maximum absolute atomic E-state index is 5.95. The molecule has 128 valence electrons. The van der Waals surface area contributed by atoms with Crippen LogP contribution in [-0.4, -0.2) is 30.6 Å². The van der Waals surface area contributed by atoms with E-state index in [1.165, 1.54) is 25.7 Å². The number of halogens is 1. The van der Waals surface area contributed by atoms with E-state index in [9.17, 15) is 0 Å². The van der Waals surface area contributed by atoms with Crippen molar-refractivity contribution in [2.75, 3.05) is 13.6 Å². The Kier molecular flexibility index (Phi) is 7.39. The lowest BCUT2D eigenvalue weighted by atomic mass is 10.2. The van der Waals surface area contributed by atoms with E-state index >= 15 is 0 Å². The fourth-order valence-electron chi connectivity index (χ4n) is 2.77. The quantitative estimate of drug-likeness (QED) is 0.414. The summed E-state index contributed by atoms with van der Waals surface area (Å²) in [4.78, 5) is 8.58. The third-order valence-electron chi connectivity index (χ3n) is 4.33. The lowest BCUT2D eigenvalue weighted by Gasteiger charge is -2.14. The first-order valence-electron chi connectivity index (χ1n) is 8.39. The van der Waals surface area contributed by atoms with Gasteiger partial charge in [-0.05, 0) is 56.1 Å². The predicted octanol–water partition coefficient (Wildman–Crippen LogP) is 3.10. The lowest BCUT2D eigenvalue weighted by molar-refractivity contribution is 0.201. The van der Waals surface area contributed by atoms with Crippen molar-refractivity contribution in [1.29, 1.82) is 0 Å². The summed E-state index contributed by atoms with van der Waals surface area (Å²) >= 11 is 0. The van der Waals surface area contributed by atoms with Gasteiger partial charge in [0.15, 0.2) is 5.96 Å². The van der Waals surface area contributed by atoms with Crippen LogP contribution in [-0.2, 0) is 6.54 Å². The molecule has 0 aliphatic heterocycles. The summed E-state index contributed by atoms with van der Waals surface area (Å²) < 4.78 is 5.95. The number of ether oxygens (including phenoxy) is 1. The minimum atomic E-state index is 0. The maximum atomic E-state index is 5.95. The highest BCUT2D eigenvalue weighted by Gasteiger charge is 2.21. The van der Waals surface area contributed by atoms with Crippen molar-refractivity contribution in [3.8, 4) is 5.88 Å². The van der Waals surface area contributed by atoms with E-state index < -0.39 is 0 Å². The number of nitrogens with zero attached hydrogens (tertiary/aromatic N) is 2. The van der Waals surface area contributed by atoms with Gasteiger partial charge in [-0.25, -0.2) is 4.98 Å². The van der Waals surface area contributed by atoms with Crippen molar-refractivity contribution in [2.45, 2.75) is 51.2 Å². The van der Waals surface area contributed by atoms with Crippen LogP contribution < -0.4 is 15.4 Å². The molecular formula is C17H27IN4O. The summed E-state index contributed by atoms with van der Waals surface area (Å²) in [5, 5.41) is 6.71. The van der Waals surface area contributed by atoms with Crippen LogP contribution in [0, 0.1) is 5.92 Å². The molecule has 0 spiro atoms. The highest BCUT2D eigenvalue weighted by atomic mass is 127. The van der Waals surface area contributed by atoms with E-state index in [4.69, 9.17) is 4.74 Å². The monoisotopic (exact) mass is 430 g/mol. The minimum Gasteiger partial charge on any atom is -0.474 e. The Morgan fingerprint density at radius 1 is 1.26 bits per heavy atom. The van der Waals surface area contributed by atoms with Crippen LogP contribution in [0.2, 0.25) is 0 Å². The van der Waals surface area contributed by atoms with E-state index in [-0.39, 0.29) is 24.0 Å². The molecule has 3 rings (SSSR count). The molecular weight excluding hydrogens is 403 g/mol. The standard InChI is InChI=1S/C17H26N4O.HI/c1-18-17(20-11-13-6-7-13)21-12-14-8-9-19-16(10-14)22-15-4-2-3-5-15;/h8-10,13,15H,2-7,11-12H2,1H3,(H2,18,20,21);1H. The van der Waals surface area contributed by atoms with Crippen LogP contribution >= 0.6 is 24.0 Å². The average Bonchev–Trinajstić information content (AvgIpc) is 3.23. The SMILES string of the molecule is CN=C(NCc1ccnc(OC2CCCC2)c1)NCC1CC1.I. The molecule has 2 fully saturated rings. The van der Waals surface area contributed by atoms with Gasteiger partial charge >= 0.3 is 0 Å². The number of aliphatic imine (C=N–C) groups is 1. The van der Waals surface area contributed by atoms with Gasteiger partial charge in [-0.2, -0.15) is 0 Å². The van der Waals surface area contributed by atoms with Crippen molar-refractivity contribution in [2.24, 2.45) is 10.9 Å². The number of nitrogens with one attached hydrogen (secondary N) is 2. The summed E-state index contributed by atoms with van der Waals surface area (Å²) in [5.74, 6) is 2.44. The molecule has 6 heteroatoms. The molecule has 0 amide bonds. The highest BCUT2D eigenvalue weighted by molar-refractivity contribution is 14.0. The van der Waals surface area contributed by atoms with Crippen molar-refractivity contribution in [1.82, 2.24) is 15.6 Å². The van der Waals surface area contributed by atoms with E-state index in [1.807, 2.05) is 25.4 Å². The minimum absolute atomic E-state index is 0. The summed E-state index contributed by atoms with van der Waals surface area (Å²) in [6, 6.07) is 4.04. The fraction of sp³-hybridized carbons (Fsp3) is 0.647. The Balaban J connectivity index is 0.00000192. The zero-order valence-corrected chi connectivity index (χ0v) is 16.1. The topological polar surface area (TPSA) is 58.5 Å². The number of pyridine rings is 1. The molecule has 0 aromatic carbocycles. The van der Waals surface area contributed by atoms with Gasteiger partial charge < -0.3 is 15.4 Å². The van der Waals surface area contributed by atoms with Crippen LogP contribution in [0.1, 0.15) is 44.1 Å². The largest absolute Gasteiger partial charge is 0.474 e. The highest BCUT2D eigenvalue weighted by Crippen LogP contribution is 2.27. The van der Waals surface area contributed by atoms with Crippen molar-refractivity contribution in [3.05, 3.63) is 23.9 Å². The molecule has 1 aromatic heterocycles. The van der Waals surface area contributed by atoms with Gasteiger partial charge in [0.25, 0.3) is 0 Å². The van der Waals surface area contributed by atoms with E-state index in [2.05, 4.69) is 20.6 Å². The Bertz CT molecular complexity index is 513. The van der Waals surface area contributed by atoms with Gasteiger partial charge in [-0.3, -0.25) is 4.99 Å². The normalized spacial score (nSPS) is 18.4. The second-order valence-electron chi connectivity index (χ2n) is 6.28. The zero-order chi connectivity index (χ0) is 15.2. The number of guanidine groups is 1. The first-order valence-corrected chi connectivity index (χ1v) is 8.39. The van der Waals surface area contributed by atoms with Crippen LogP contribution in [0.5, 0.6) is 5.88 Å². The molecule has 0 atom stereocenters. The molecule has 0 bridgehead atoms. The molecule has 0 radical (unpaired) electrons. The second-order valence-corrected chi connectivity index (χ2v) is 6.28. The number of hydrogen-bond acceptors (Lipinski definition) is 3. The van der Waals surface area contributed by atoms with Gasteiger partial charge in [0, 0.05) is 32.4 Å². The van der Waals surface area contributed by atoms with Crippen LogP contribution in [0.4, 0.5) is 0 Å². The molecule has 1 heterocycles. The Morgan fingerprint density at radius 2 is 2.04 bits per heavy atom. The van der Waals surface area contributed by atoms with Crippen LogP contribution in [0.3, 0.4) is 0 Å². The molecule has 0 saturated heterocycles. The van der Waals surface area contributed by atoms with Crippen molar-refractivity contribution >= 4 is 29.9 Å². The Hall–Kier alpha value is -1.05. The van der Waals surface area contributed by atoms with Crippen molar-refractivity contribution in [3.63, 3.8) is 0 Å². The molecule has 0 unspecified atom stereocenters. The van der Waals surface area contributed by atoms with Crippen LogP contribution in [0.25, 0.3) is 0 Å². The lowest BCUT2D eigenvalue weighted by Crippen LogP contribution is -2.37. The first-order chi connectivity index (χ1) is 10.8. The van der Waals surface area contributed by atoms with Gasteiger partial charge in [0.1, 0.15) is 6.10 Å². The number of rotatable bonds is 6. The molecule has 1 aromatic rings. The van der Waals surface area contributed by atoms with Crippen molar-refractivity contribution < 1.29 is 4.74 Å². The maximum Gasteiger partial charge on any atom is 0.213 e. The van der Waals surface area contributed by atoms with Gasteiger partial charge in [0.05, 0.1) is 0 Å². The molecule has 2 N–H and O–H groups in total. The molecule has 2 aliphatic carbocycles. The number of aromatic nitrogens is 1. The van der Waals surface area contributed by atoms with Crippen LogP contribution in [0.15, 0.2) is 23.3 Å². The first kappa shape index (κ1) is 18.3. The van der Waals surface area contributed by atoms with Gasteiger partial charge in [-0.15, -0.1) is 24.0 Å². The summed E-state index contributed by atoms with van der Waals surface area (Å²) in [7, 11) is 1.81. The molecule has 2 saturated carbocycles. The number of hydrogen-bond donors (Lipinski definition) is 2. The predicted molar refractivity (Wildman–Crippen MR) is 103 cm³/mol. The van der Waals surface area contributed by atoms with Gasteiger partial charge in [-0.1, -0.05) is 0 Å². The molecule has 2 aliphatic rings.